The minimum absolute atomic E-state index is 0.202. The first kappa shape index (κ1) is 11.9. The molecule has 0 N–H and O–H groups in total. The van der Waals surface area contributed by atoms with Crippen LogP contribution in [0, 0.1) is 0 Å². The highest BCUT2D eigenvalue weighted by molar-refractivity contribution is 7.91. The highest BCUT2D eigenvalue weighted by atomic mass is 32.2. The molecule has 0 aromatic rings. The Hall–Kier alpha value is -0.0931. The molecule has 2 nitrogen and oxygen atoms in total. The largest absolute Gasteiger partial charge is 0.229 e. The van der Waals surface area contributed by atoms with Crippen molar-refractivity contribution in [3.63, 3.8) is 0 Å². The van der Waals surface area contributed by atoms with Crippen molar-refractivity contribution >= 4 is 17.9 Å². The van der Waals surface area contributed by atoms with E-state index in [0.29, 0.717) is 0 Å². The Morgan fingerprint density at radius 1 is 1.25 bits per heavy atom. The minimum atomic E-state index is -2.81. The molecule has 0 amide bonds. The third-order valence-electron chi connectivity index (χ3n) is 1.41. The first-order valence-corrected chi connectivity index (χ1v) is 9.55. The molecule has 0 aromatic heterocycles. The van der Waals surface area contributed by atoms with Gasteiger partial charge in [-0.2, -0.15) is 0 Å². The van der Waals surface area contributed by atoms with Gasteiger partial charge in [-0.3, -0.25) is 0 Å². The number of rotatable bonds is 4. The van der Waals surface area contributed by atoms with Crippen LogP contribution in [0.1, 0.15) is 6.92 Å². The third kappa shape index (κ3) is 6.61. The van der Waals surface area contributed by atoms with Crippen molar-refractivity contribution in [3.8, 4) is 0 Å². The van der Waals surface area contributed by atoms with E-state index in [1.54, 1.807) is 13.0 Å². The summed E-state index contributed by atoms with van der Waals surface area (Å²) < 4.78 is 22.1. The van der Waals surface area contributed by atoms with Crippen LogP contribution in [0.15, 0.2) is 11.8 Å². The zero-order chi connectivity index (χ0) is 9.83. The van der Waals surface area contributed by atoms with Crippen molar-refractivity contribution < 1.29 is 8.42 Å². The molecule has 0 unspecified atom stereocenters. The predicted molar refractivity (Wildman–Crippen MR) is 56.8 cm³/mol. The predicted octanol–water partition coefficient (Wildman–Crippen LogP) is 1.85. The Morgan fingerprint density at radius 2 is 1.75 bits per heavy atom. The smallest absolute Gasteiger partial charge is 0.153 e. The normalized spacial score (nSPS) is 14.0. The monoisotopic (exact) mass is 206 g/mol. The molecule has 0 saturated heterocycles. The van der Waals surface area contributed by atoms with Crippen LogP contribution in [0.5, 0.6) is 0 Å². The average Bonchev–Trinajstić information content (AvgIpc) is 1.84. The molecule has 72 valence electrons. The van der Waals surface area contributed by atoms with E-state index in [4.69, 9.17) is 0 Å². The van der Waals surface area contributed by atoms with Crippen LogP contribution in [0.3, 0.4) is 0 Å². The van der Waals surface area contributed by atoms with Crippen LogP contribution in [0.4, 0.5) is 0 Å². The van der Waals surface area contributed by atoms with Gasteiger partial charge >= 0.3 is 0 Å². The van der Waals surface area contributed by atoms with Gasteiger partial charge in [0.05, 0.1) is 13.8 Å². The first-order valence-electron chi connectivity index (χ1n) is 4.15. The van der Waals surface area contributed by atoms with Crippen molar-refractivity contribution in [2.24, 2.45) is 0 Å². The van der Waals surface area contributed by atoms with E-state index in [1.807, 2.05) is 0 Å². The summed E-state index contributed by atoms with van der Waals surface area (Å²) >= 11 is 0. The fourth-order valence-electron chi connectivity index (χ4n) is 0.666. The van der Waals surface area contributed by atoms with E-state index >= 15 is 0 Å². The lowest BCUT2D eigenvalue weighted by Gasteiger charge is -2.07. The molecule has 0 aliphatic carbocycles. The van der Waals surface area contributed by atoms with Gasteiger partial charge in [0, 0.05) is 5.75 Å². The van der Waals surface area contributed by atoms with E-state index in [9.17, 15) is 8.42 Å². The molecule has 0 aromatic carbocycles. The summed E-state index contributed by atoms with van der Waals surface area (Å²) in [6.45, 7) is 8.23. The molecule has 0 rings (SSSR count). The van der Waals surface area contributed by atoms with Gasteiger partial charge in [0.2, 0.25) is 0 Å². The second kappa shape index (κ2) is 4.23. The summed E-state index contributed by atoms with van der Waals surface area (Å²) in [6.07, 6.45) is 1.80. The van der Waals surface area contributed by atoms with Gasteiger partial charge in [-0.05, 0) is 0 Å². The molecule has 4 heteroatoms. The molecule has 0 saturated carbocycles. The van der Waals surface area contributed by atoms with E-state index in [2.05, 4.69) is 25.3 Å². The Bertz CT molecular complexity index is 247. The van der Waals surface area contributed by atoms with Gasteiger partial charge < -0.3 is 0 Å². The molecule has 0 aliphatic heterocycles. The summed E-state index contributed by atoms with van der Waals surface area (Å²) in [5, 5.41) is 0. The SMILES string of the molecule is CCS(=O)(=O)C/C=C/[Si](C)(C)C. The molecule has 12 heavy (non-hydrogen) atoms. The minimum Gasteiger partial charge on any atom is -0.229 e. The van der Waals surface area contributed by atoms with Gasteiger partial charge in [-0.25, -0.2) is 8.42 Å². The van der Waals surface area contributed by atoms with Crippen molar-refractivity contribution in [1.29, 1.82) is 0 Å². The summed E-state index contributed by atoms with van der Waals surface area (Å²) in [5.74, 6) is 0.441. The molecular formula is C8H18O2SSi. The van der Waals surface area contributed by atoms with Gasteiger partial charge in [-0.1, -0.05) is 38.3 Å². The fraction of sp³-hybridized carbons (Fsp3) is 0.750. The van der Waals surface area contributed by atoms with Crippen molar-refractivity contribution in [2.45, 2.75) is 26.6 Å². The molecule has 0 spiro atoms. The molecule has 0 fully saturated rings. The summed E-state index contributed by atoms with van der Waals surface area (Å²) in [4.78, 5) is 0. The highest BCUT2D eigenvalue weighted by Crippen LogP contribution is 2.02. The lowest BCUT2D eigenvalue weighted by molar-refractivity contribution is 0.600. The number of hydrogen-bond donors (Lipinski definition) is 0. The van der Waals surface area contributed by atoms with Crippen LogP contribution < -0.4 is 0 Å². The maximum Gasteiger partial charge on any atom is 0.153 e. The summed E-state index contributed by atoms with van der Waals surface area (Å²) in [7, 11) is -4.02. The molecule has 0 heterocycles. The molecule has 0 atom stereocenters. The van der Waals surface area contributed by atoms with Gasteiger partial charge in [0.1, 0.15) is 0 Å². The molecule has 0 bridgehead atoms. The first-order chi connectivity index (χ1) is 5.27. The number of sulfone groups is 1. The van der Waals surface area contributed by atoms with Crippen molar-refractivity contribution in [2.75, 3.05) is 11.5 Å². The van der Waals surface area contributed by atoms with Crippen molar-refractivity contribution in [1.82, 2.24) is 0 Å². The van der Waals surface area contributed by atoms with Crippen LogP contribution in [0.2, 0.25) is 19.6 Å². The Kier molecular flexibility index (Phi) is 4.20. The van der Waals surface area contributed by atoms with E-state index in [1.165, 1.54) is 0 Å². The van der Waals surface area contributed by atoms with E-state index < -0.39 is 17.9 Å². The summed E-state index contributed by atoms with van der Waals surface area (Å²) in [6, 6.07) is 0. The highest BCUT2D eigenvalue weighted by Gasteiger charge is 2.08. The Balaban J connectivity index is 4.09. The molecule has 0 aliphatic rings. The number of hydrogen-bond acceptors (Lipinski definition) is 2. The Labute approximate surface area is 76.6 Å². The van der Waals surface area contributed by atoms with Crippen molar-refractivity contribution in [3.05, 3.63) is 11.8 Å². The zero-order valence-corrected chi connectivity index (χ0v) is 10.1. The van der Waals surface area contributed by atoms with Gasteiger partial charge in [-0.15, -0.1) is 0 Å². The zero-order valence-electron chi connectivity index (χ0n) is 8.29. The lowest BCUT2D eigenvalue weighted by Crippen LogP contribution is -2.16. The van der Waals surface area contributed by atoms with Gasteiger partial charge in [0.15, 0.2) is 9.84 Å². The van der Waals surface area contributed by atoms with Crippen LogP contribution in [-0.4, -0.2) is 28.0 Å². The van der Waals surface area contributed by atoms with Gasteiger partial charge in [0.25, 0.3) is 0 Å². The average molecular weight is 206 g/mol. The molecule has 0 radical (unpaired) electrons. The van der Waals surface area contributed by atoms with Crippen LogP contribution in [0.25, 0.3) is 0 Å². The maximum absolute atomic E-state index is 11.0. The standard InChI is InChI=1S/C8H18O2SSi/c1-5-11(9,10)7-6-8-12(2,3)4/h6,8H,5,7H2,1-4H3/b8-6+. The Morgan fingerprint density at radius 3 is 2.08 bits per heavy atom. The fourth-order valence-corrected chi connectivity index (χ4v) is 2.29. The van der Waals surface area contributed by atoms with E-state index in [-0.39, 0.29) is 11.5 Å². The maximum atomic E-state index is 11.0. The topological polar surface area (TPSA) is 34.1 Å². The van der Waals surface area contributed by atoms with E-state index in [0.717, 1.165) is 0 Å². The quantitative estimate of drug-likeness (QED) is 0.658. The molecular weight excluding hydrogens is 188 g/mol. The lowest BCUT2D eigenvalue weighted by atomic mass is 10.8. The second-order valence-electron chi connectivity index (χ2n) is 3.97. The van der Waals surface area contributed by atoms with Crippen LogP contribution >= 0.6 is 0 Å². The third-order valence-corrected chi connectivity index (χ3v) is 4.22. The second-order valence-corrected chi connectivity index (χ2v) is 11.4. The summed E-state index contributed by atoms with van der Waals surface area (Å²) in [5.41, 5.74) is 2.07. The van der Waals surface area contributed by atoms with Crippen LogP contribution in [-0.2, 0) is 9.84 Å².